The number of ether oxygens (including phenoxy) is 3. The molecule has 8 heteroatoms. The van der Waals surface area contributed by atoms with Crippen LogP contribution < -0.4 is 9.47 Å². The van der Waals surface area contributed by atoms with E-state index in [1.54, 1.807) is 37.4 Å². The topological polar surface area (TPSA) is 106 Å². The van der Waals surface area contributed by atoms with Gasteiger partial charge in [0, 0.05) is 26.3 Å². The quantitative estimate of drug-likeness (QED) is 0.244. The lowest BCUT2D eigenvalue weighted by Crippen LogP contribution is -2.31. The predicted octanol–water partition coefficient (Wildman–Crippen LogP) is 3.65. The maximum Gasteiger partial charge on any atom is 0.295 e. The number of aromatic hydroxyl groups is 1. The molecule has 1 aliphatic heterocycles. The fraction of sp³-hybridized carbons (Fsp3) is 0.360. The van der Waals surface area contributed by atoms with Crippen LogP contribution in [0.25, 0.3) is 5.76 Å². The molecule has 8 nitrogen and oxygen atoms in total. The maximum absolute atomic E-state index is 13.1. The zero-order valence-corrected chi connectivity index (χ0v) is 19.0. The molecule has 1 heterocycles. The zero-order chi connectivity index (χ0) is 24.0. The van der Waals surface area contributed by atoms with Gasteiger partial charge in [-0.2, -0.15) is 0 Å². The van der Waals surface area contributed by atoms with Gasteiger partial charge in [-0.3, -0.25) is 9.59 Å². The summed E-state index contributed by atoms with van der Waals surface area (Å²) in [6.45, 7) is 5.15. The number of carbonyl (C=O) groups excluding carboxylic acids is 2. The minimum Gasteiger partial charge on any atom is -0.508 e. The number of phenols is 1. The van der Waals surface area contributed by atoms with Crippen molar-refractivity contribution in [3.63, 3.8) is 0 Å². The van der Waals surface area contributed by atoms with Crippen LogP contribution in [0.4, 0.5) is 0 Å². The first-order valence-electron chi connectivity index (χ1n) is 10.9. The first-order chi connectivity index (χ1) is 15.9. The zero-order valence-electron chi connectivity index (χ0n) is 19.0. The van der Waals surface area contributed by atoms with Crippen molar-refractivity contribution in [2.45, 2.75) is 26.3 Å². The standard InChI is InChI=1S/C25H29NO7/c1-4-32-18-11-12-19(20(15-18)33-5-2)23(28)21-22(16-7-9-17(27)10-8-16)26(13-6-14-31-3)25(30)24(21)29/h7-12,15,22,27-28H,4-6,13-14H2,1-3H3/b23-21-. The second-order valence-corrected chi connectivity index (χ2v) is 7.45. The fourth-order valence-corrected chi connectivity index (χ4v) is 3.87. The van der Waals surface area contributed by atoms with Crippen LogP contribution in [0.2, 0.25) is 0 Å². The molecule has 1 atom stereocenters. The van der Waals surface area contributed by atoms with Crippen LogP contribution >= 0.6 is 0 Å². The predicted molar refractivity (Wildman–Crippen MR) is 122 cm³/mol. The highest BCUT2D eigenvalue weighted by molar-refractivity contribution is 6.46. The van der Waals surface area contributed by atoms with E-state index < -0.39 is 17.7 Å². The second-order valence-electron chi connectivity index (χ2n) is 7.45. The molecular weight excluding hydrogens is 426 g/mol. The van der Waals surface area contributed by atoms with Crippen molar-refractivity contribution >= 4 is 17.4 Å². The summed E-state index contributed by atoms with van der Waals surface area (Å²) in [5, 5.41) is 21.0. The van der Waals surface area contributed by atoms with Crippen LogP contribution in [0, 0.1) is 0 Å². The number of hydrogen-bond acceptors (Lipinski definition) is 7. The SMILES string of the molecule is CCOc1ccc(/C(O)=C2/C(=O)C(=O)N(CCCOC)C2c2ccc(O)cc2)c(OCC)c1. The molecule has 0 aromatic heterocycles. The molecule has 0 radical (unpaired) electrons. The van der Waals surface area contributed by atoms with Gasteiger partial charge >= 0.3 is 0 Å². The van der Waals surface area contributed by atoms with Crippen molar-refractivity contribution < 1.29 is 34.0 Å². The second kappa shape index (κ2) is 10.9. The Balaban J connectivity index is 2.15. The molecule has 1 fully saturated rings. The van der Waals surface area contributed by atoms with Gasteiger partial charge in [-0.15, -0.1) is 0 Å². The Kier molecular flexibility index (Phi) is 7.95. The molecule has 0 saturated carbocycles. The van der Waals surface area contributed by atoms with Crippen LogP contribution in [-0.2, 0) is 14.3 Å². The average Bonchev–Trinajstić information content (AvgIpc) is 3.05. The fourth-order valence-electron chi connectivity index (χ4n) is 3.87. The Bertz CT molecular complexity index is 1030. The number of aliphatic hydroxyl groups is 1. The van der Waals surface area contributed by atoms with Crippen molar-refractivity contribution in [2.75, 3.05) is 33.5 Å². The van der Waals surface area contributed by atoms with Crippen LogP contribution in [0.3, 0.4) is 0 Å². The summed E-state index contributed by atoms with van der Waals surface area (Å²) >= 11 is 0. The van der Waals surface area contributed by atoms with Gasteiger partial charge in [0.15, 0.2) is 0 Å². The Labute approximate surface area is 193 Å². The third-order valence-electron chi connectivity index (χ3n) is 5.32. The molecule has 1 unspecified atom stereocenters. The van der Waals surface area contributed by atoms with E-state index in [-0.39, 0.29) is 23.6 Å². The number of hydrogen-bond donors (Lipinski definition) is 2. The van der Waals surface area contributed by atoms with E-state index in [9.17, 15) is 19.8 Å². The van der Waals surface area contributed by atoms with E-state index in [0.717, 1.165) is 0 Å². The smallest absolute Gasteiger partial charge is 0.295 e. The summed E-state index contributed by atoms with van der Waals surface area (Å²) in [5.74, 6) is -0.843. The number of carbonyl (C=O) groups is 2. The summed E-state index contributed by atoms with van der Waals surface area (Å²) < 4.78 is 16.3. The van der Waals surface area contributed by atoms with E-state index in [0.29, 0.717) is 48.9 Å². The maximum atomic E-state index is 13.1. The Morgan fingerprint density at radius 2 is 1.73 bits per heavy atom. The van der Waals surface area contributed by atoms with Crippen LogP contribution in [0.15, 0.2) is 48.0 Å². The summed E-state index contributed by atoms with van der Waals surface area (Å²) in [4.78, 5) is 27.5. The highest BCUT2D eigenvalue weighted by atomic mass is 16.5. The van der Waals surface area contributed by atoms with Crippen molar-refractivity contribution in [3.05, 3.63) is 59.2 Å². The van der Waals surface area contributed by atoms with Crippen LogP contribution in [0.1, 0.15) is 37.4 Å². The molecular formula is C25H29NO7. The lowest BCUT2D eigenvalue weighted by atomic mass is 9.95. The van der Waals surface area contributed by atoms with E-state index in [1.165, 1.54) is 17.0 Å². The third kappa shape index (κ3) is 5.12. The van der Waals surface area contributed by atoms with E-state index in [2.05, 4.69) is 0 Å². The largest absolute Gasteiger partial charge is 0.508 e. The van der Waals surface area contributed by atoms with Crippen molar-refractivity contribution in [1.82, 2.24) is 4.90 Å². The molecule has 2 aromatic rings. The highest BCUT2D eigenvalue weighted by Crippen LogP contribution is 2.42. The first kappa shape index (κ1) is 24.1. The van der Waals surface area contributed by atoms with Gasteiger partial charge in [0.05, 0.1) is 30.4 Å². The van der Waals surface area contributed by atoms with Crippen molar-refractivity contribution in [3.8, 4) is 17.2 Å². The number of benzene rings is 2. The van der Waals surface area contributed by atoms with E-state index >= 15 is 0 Å². The minimum absolute atomic E-state index is 0.0341. The average molecular weight is 456 g/mol. The summed E-state index contributed by atoms with van der Waals surface area (Å²) in [7, 11) is 1.56. The van der Waals surface area contributed by atoms with Gasteiger partial charge in [0.1, 0.15) is 23.0 Å². The normalized spacial score (nSPS) is 17.4. The van der Waals surface area contributed by atoms with Gasteiger partial charge in [0.2, 0.25) is 0 Å². The third-order valence-corrected chi connectivity index (χ3v) is 5.32. The highest BCUT2D eigenvalue weighted by Gasteiger charge is 2.46. The first-order valence-corrected chi connectivity index (χ1v) is 10.9. The van der Waals surface area contributed by atoms with Crippen LogP contribution in [-0.4, -0.2) is 60.3 Å². The number of ketones is 1. The molecule has 0 aliphatic carbocycles. The Hall–Kier alpha value is -3.52. The van der Waals surface area contributed by atoms with Gasteiger partial charge in [-0.1, -0.05) is 12.1 Å². The van der Waals surface area contributed by atoms with Crippen molar-refractivity contribution in [1.29, 1.82) is 0 Å². The van der Waals surface area contributed by atoms with E-state index in [1.807, 2.05) is 13.8 Å². The summed E-state index contributed by atoms with van der Waals surface area (Å²) in [5.41, 5.74) is 0.849. The molecule has 3 rings (SSSR count). The number of amides is 1. The molecule has 1 aliphatic rings. The Morgan fingerprint density at radius 3 is 2.36 bits per heavy atom. The number of Topliss-reactive ketones (excluding diaryl/α,β-unsaturated/α-hetero) is 1. The summed E-state index contributed by atoms with van der Waals surface area (Å²) in [6.07, 6.45) is 0.519. The van der Waals surface area contributed by atoms with Crippen LogP contribution in [0.5, 0.6) is 17.2 Å². The van der Waals surface area contributed by atoms with Gasteiger partial charge in [0.25, 0.3) is 11.7 Å². The number of rotatable bonds is 10. The lowest BCUT2D eigenvalue weighted by Gasteiger charge is -2.25. The monoisotopic (exact) mass is 455 g/mol. The molecule has 2 aromatic carbocycles. The van der Waals surface area contributed by atoms with Gasteiger partial charge in [-0.25, -0.2) is 0 Å². The molecule has 33 heavy (non-hydrogen) atoms. The van der Waals surface area contributed by atoms with Gasteiger partial charge in [-0.05, 0) is 50.1 Å². The number of aliphatic hydroxyl groups excluding tert-OH is 1. The van der Waals surface area contributed by atoms with Crippen molar-refractivity contribution in [2.24, 2.45) is 0 Å². The Morgan fingerprint density at radius 1 is 1.03 bits per heavy atom. The lowest BCUT2D eigenvalue weighted by molar-refractivity contribution is -0.140. The van der Waals surface area contributed by atoms with E-state index in [4.69, 9.17) is 14.2 Å². The molecule has 176 valence electrons. The number of methoxy groups -OCH3 is 1. The molecule has 0 spiro atoms. The van der Waals surface area contributed by atoms with Gasteiger partial charge < -0.3 is 29.3 Å². The number of phenolic OH excluding ortho intramolecular Hbond substituents is 1. The number of nitrogens with zero attached hydrogens (tertiary/aromatic N) is 1. The molecule has 2 N–H and O–H groups in total. The molecule has 1 saturated heterocycles. The molecule has 0 bridgehead atoms. The molecule has 1 amide bonds. The number of likely N-dealkylation sites (tertiary alicyclic amines) is 1. The minimum atomic E-state index is -0.816. The summed E-state index contributed by atoms with van der Waals surface area (Å²) in [6, 6.07) is 10.3.